The van der Waals surface area contributed by atoms with Gasteiger partial charge in [-0.25, -0.2) is 0 Å². The second kappa shape index (κ2) is 8.50. The molecule has 124 valence electrons. The highest BCUT2D eigenvalue weighted by atomic mass is 16.5. The Kier molecular flexibility index (Phi) is 6.97. The zero-order valence-electron chi connectivity index (χ0n) is 14.7. The number of rotatable bonds is 6. The fourth-order valence-electron chi connectivity index (χ4n) is 4.01. The van der Waals surface area contributed by atoms with Gasteiger partial charge in [0, 0.05) is 45.4 Å². The summed E-state index contributed by atoms with van der Waals surface area (Å²) in [6.07, 6.45) is 8.67. The van der Waals surface area contributed by atoms with Crippen LogP contribution in [0.4, 0.5) is 0 Å². The van der Waals surface area contributed by atoms with Crippen LogP contribution in [0, 0.1) is 5.92 Å². The maximum atomic E-state index is 5.48. The fraction of sp³-hybridized carbons (Fsp3) is 1.00. The Bertz CT molecular complexity index is 279. The number of nitrogens with zero attached hydrogens (tertiary/aromatic N) is 2. The molecule has 2 fully saturated rings. The first-order valence-electron chi connectivity index (χ1n) is 9.11. The minimum atomic E-state index is 0.544. The normalized spacial score (nSPS) is 30.7. The molecular weight excluding hydrogens is 260 g/mol. The summed E-state index contributed by atoms with van der Waals surface area (Å²) in [7, 11) is 1.86. The van der Waals surface area contributed by atoms with Crippen molar-refractivity contribution in [2.24, 2.45) is 5.92 Å². The summed E-state index contributed by atoms with van der Waals surface area (Å²) in [6.45, 7) is 12.1. The quantitative estimate of drug-likeness (QED) is 0.747. The highest BCUT2D eigenvalue weighted by molar-refractivity contribution is 4.79. The van der Waals surface area contributed by atoms with Gasteiger partial charge in [-0.15, -0.1) is 0 Å². The number of hydrogen-bond acceptors (Lipinski definition) is 3. The smallest absolute Gasteiger partial charge is 0.0571 e. The average Bonchev–Trinajstić information content (AvgIpc) is 2.53. The molecule has 0 bridgehead atoms. The van der Waals surface area contributed by atoms with E-state index in [-0.39, 0.29) is 0 Å². The van der Waals surface area contributed by atoms with E-state index in [0.717, 1.165) is 12.0 Å². The van der Waals surface area contributed by atoms with Crippen LogP contribution in [0.15, 0.2) is 0 Å². The van der Waals surface area contributed by atoms with Gasteiger partial charge in [0.05, 0.1) is 6.10 Å². The first kappa shape index (κ1) is 17.2. The van der Waals surface area contributed by atoms with E-state index in [1.54, 1.807) is 0 Å². The van der Waals surface area contributed by atoms with Crippen molar-refractivity contribution in [1.82, 2.24) is 9.80 Å². The van der Waals surface area contributed by atoms with Crippen LogP contribution in [0.3, 0.4) is 0 Å². The van der Waals surface area contributed by atoms with Crippen LogP contribution in [0.25, 0.3) is 0 Å². The predicted molar refractivity (Wildman–Crippen MR) is 89.7 cm³/mol. The lowest BCUT2D eigenvalue weighted by Crippen LogP contribution is -2.51. The summed E-state index contributed by atoms with van der Waals surface area (Å²) < 4.78 is 5.48. The highest BCUT2D eigenvalue weighted by Crippen LogP contribution is 2.30. The van der Waals surface area contributed by atoms with Crippen molar-refractivity contribution in [3.8, 4) is 0 Å². The maximum Gasteiger partial charge on any atom is 0.0571 e. The Balaban J connectivity index is 1.63. The molecule has 0 N–H and O–H groups in total. The molecule has 1 atom stereocenters. The van der Waals surface area contributed by atoms with Gasteiger partial charge in [0.1, 0.15) is 0 Å². The van der Waals surface area contributed by atoms with Gasteiger partial charge in [-0.2, -0.15) is 0 Å². The van der Waals surface area contributed by atoms with Crippen molar-refractivity contribution in [2.45, 2.75) is 77.5 Å². The van der Waals surface area contributed by atoms with E-state index < -0.39 is 0 Å². The van der Waals surface area contributed by atoms with Crippen molar-refractivity contribution >= 4 is 0 Å². The molecule has 0 radical (unpaired) electrons. The molecule has 3 nitrogen and oxygen atoms in total. The Morgan fingerprint density at radius 1 is 0.905 bits per heavy atom. The molecule has 0 aromatic rings. The third-order valence-electron chi connectivity index (χ3n) is 5.82. The molecule has 0 unspecified atom stereocenters. The lowest BCUT2D eigenvalue weighted by Gasteiger charge is -2.40. The van der Waals surface area contributed by atoms with Gasteiger partial charge in [-0.1, -0.05) is 0 Å². The minimum absolute atomic E-state index is 0.544. The molecule has 0 spiro atoms. The lowest BCUT2D eigenvalue weighted by molar-refractivity contribution is 0.0506. The van der Waals surface area contributed by atoms with E-state index in [1.807, 2.05) is 7.11 Å². The van der Waals surface area contributed by atoms with E-state index in [4.69, 9.17) is 4.74 Å². The van der Waals surface area contributed by atoms with Crippen LogP contribution in [-0.4, -0.2) is 61.3 Å². The van der Waals surface area contributed by atoms with Gasteiger partial charge in [0.2, 0.25) is 0 Å². The summed E-state index contributed by atoms with van der Waals surface area (Å²) in [5.74, 6) is 0.954. The fourth-order valence-corrected chi connectivity index (χ4v) is 4.01. The van der Waals surface area contributed by atoms with Gasteiger partial charge >= 0.3 is 0 Å². The topological polar surface area (TPSA) is 15.7 Å². The maximum absolute atomic E-state index is 5.48. The third kappa shape index (κ3) is 5.22. The lowest BCUT2D eigenvalue weighted by atomic mass is 9.83. The molecule has 2 aliphatic rings. The van der Waals surface area contributed by atoms with E-state index in [1.165, 1.54) is 64.7 Å². The summed E-state index contributed by atoms with van der Waals surface area (Å²) in [5, 5.41) is 0. The van der Waals surface area contributed by atoms with Crippen LogP contribution < -0.4 is 0 Å². The van der Waals surface area contributed by atoms with Gasteiger partial charge in [-0.05, 0) is 65.2 Å². The van der Waals surface area contributed by atoms with Crippen molar-refractivity contribution in [3.63, 3.8) is 0 Å². The van der Waals surface area contributed by atoms with Crippen molar-refractivity contribution in [3.05, 3.63) is 0 Å². The van der Waals surface area contributed by atoms with Crippen molar-refractivity contribution in [1.29, 1.82) is 0 Å². The Labute approximate surface area is 132 Å². The second-order valence-corrected chi connectivity index (χ2v) is 7.47. The molecule has 2 rings (SSSR count). The standard InChI is InChI=1S/C18H36N2O/c1-15(2)19-11-13-20(14-12-19)16(3)5-6-17-7-9-18(21-4)10-8-17/h15-18H,5-14H2,1-4H3/t16-,17-,18-/m1/s1. The van der Waals surface area contributed by atoms with Crippen LogP contribution in [0.1, 0.15) is 59.3 Å². The molecule has 0 aromatic heterocycles. The van der Waals surface area contributed by atoms with Gasteiger partial charge < -0.3 is 4.74 Å². The van der Waals surface area contributed by atoms with E-state index in [0.29, 0.717) is 12.1 Å². The first-order valence-corrected chi connectivity index (χ1v) is 9.11. The zero-order chi connectivity index (χ0) is 15.2. The molecular formula is C18H36N2O. The van der Waals surface area contributed by atoms with Gasteiger partial charge in [0.15, 0.2) is 0 Å². The van der Waals surface area contributed by atoms with Gasteiger partial charge in [-0.3, -0.25) is 9.80 Å². The second-order valence-electron chi connectivity index (χ2n) is 7.47. The van der Waals surface area contributed by atoms with Crippen LogP contribution in [-0.2, 0) is 4.74 Å². The van der Waals surface area contributed by atoms with Crippen LogP contribution in [0.2, 0.25) is 0 Å². The molecule has 1 aliphatic heterocycles. The molecule has 0 amide bonds. The summed E-state index contributed by atoms with van der Waals surface area (Å²) in [5.41, 5.74) is 0. The molecule has 3 heteroatoms. The van der Waals surface area contributed by atoms with E-state index >= 15 is 0 Å². The molecule has 1 saturated carbocycles. The van der Waals surface area contributed by atoms with Crippen molar-refractivity contribution in [2.75, 3.05) is 33.3 Å². The monoisotopic (exact) mass is 296 g/mol. The highest BCUT2D eigenvalue weighted by Gasteiger charge is 2.24. The van der Waals surface area contributed by atoms with E-state index in [2.05, 4.69) is 30.6 Å². The number of methoxy groups -OCH3 is 1. The van der Waals surface area contributed by atoms with Gasteiger partial charge in [0.25, 0.3) is 0 Å². The Hall–Kier alpha value is -0.120. The molecule has 21 heavy (non-hydrogen) atoms. The molecule has 1 aliphatic carbocycles. The molecule has 1 heterocycles. The third-order valence-corrected chi connectivity index (χ3v) is 5.82. The summed E-state index contributed by atoms with van der Waals surface area (Å²) >= 11 is 0. The first-order chi connectivity index (χ1) is 10.1. The summed E-state index contributed by atoms with van der Waals surface area (Å²) in [6, 6.07) is 1.47. The van der Waals surface area contributed by atoms with Crippen LogP contribution in [0.5, 0.6) is 0 Å². The van der Waals surface area contributed by atoms with Crippen LogP contribution >= 0.6 is 0 Å². The predicted octanol–water partition coefficient (Wildman–Crippen LogP) is 3.39. The number of ether oxygens (including phenoxy) is 1. The Morgan fingerprint density at radius 3 is 2.00 bits per heavy atom. The Morgan fingerprint density at radius 2 is 1.48 bits per heavy atom. The number of piperazine rings is 1. The van der Waals surface area contributed by atoms with Crippen molar-refractivity contribution < 1.29 is 4.74 Å². The molecule has 1 saturated heterocycles. The minimum Gasteiger partial charge on any atom is -0.381 e. The number of hydrogen-bond donors (Lipinski definition) is 0. The average molecular weight is 296 g/mol. The van der Waals surface area contributed by atoms with E-state index in [9.17, 15) is 0 Å². The molecule has 0 aromatic carbocycles. The largest absolute Gasteiger partial charge is 0.381 e. The summed E-state index contributed by atoms with van der Waals surface area (Å²) in [4.78, 5) is 5.31. The zero-order valence-corrected chi connectivity index (χ0v) is 14.7. The SMILES string of the molecule is CO[C@H]1CC[C@H](CC[C@@H](C)N2CCN(C(C)C)CC2)CC1.